The lowest BCUT2D eigenvalue weighted by molar-refractivity contribution is 1.22. The summed E-state index contributed by atoms with van der Waals surface area (Å²) in [6.45, 7) is 9.29. The standard InChI is InChI=1S/C10H15N/c1-4-7-8-9(5-2)10(11)6-3/h5-8H,2-4,11H2,1H3/b8-7-,10-9+. The van der Waals surface area contributed by atoms with Gasteiger partial charge >= 0.3 is 0 Å². The zero-order valence-electron chi connectivity index (χ0n) is 7.01. The Kier molecular flexibility index (Phi) is 4.91. The Bertz CT molecular complexity index is 197. The van der Waals surface area contributed by atoms with Crippen molar-refractivity contribution < 1.29 is 0 Å². The summed E-state index contributed by atoms with van der Waals surface area (Å²) in [5.41, 5.74) is 7.21. The van der Waals surface area contributed by atoms with Crippen LogP contribution in [0.25, 0.3) is 0 Å². The molecule has 1 nitrogen and oxygen atoms in total. The van der Waals surface area contributed by atoms with Crippen molar-refractivity contribution in [2.24, 2.45) is 5.73 Å². The summed E-state index contributed by atoms with van der Waals surface area (Å²) < 4.78 is 0. The quantitative estimate of drug-likeness (QED) is 0.611. The summed E-state index contributed by atoms with van der Waals surface area (Å²) in [5, 5.41) is 0. The molecule has 0 aromatic rings. The Labute approximate surface area is 68.6 Å². The fourth-order valence-electron chi connectivity index (χ4n) is 0.645. The van der Waals surface area contributed by atoms with E-state index in [1.807, 2.05) is 12.2 Å². The molecule has 0 aliphatic carbocycles. The molecular formula is C10H15N. The maximum atomic E-state index is 5.61. The van der Waals surface area contributed by atoms with Crippen LogP contribution in [0.3, 0.4) is 0 Å². The number of allylic oxidation sites excluding steroid dienone is 5. The van der Waals surface area contributed by atoms with E-state index in [4.69, 9.17) is 5.73 Å². The van der Waals surface area contributed by atoms with E-state index in [-0.39, 0.29) is 0 Å². The van der Waals surface area contributed by atoms with Gasteiger partial charge in [-0.1, -0.05) is 38.3 Å². The molecule has 0 aliphatic rings. The Balaban J connectivity index is 4.51. The highest BCUT2D eigenvalue weighted by atomic mass is 14.6. The van der Waals surface area contributed by atoms with E-state index in [2.05, 4.69) is 20.1 Å². The highest BCUT2D eigenvalue weighted by molar-refractivity contribution is 5.37. The van der Waals surface area contributed by atoms with E-state index in [0.29, 0.717) is 5.70 Å². The maximum Gasteiger partial charge on any atom is 0.0381 e. The molecule has 0 fully saturated rings. The molecule has 11 heavy (non-hydrogen) atoms. The largest absolute Gasteiger partial charge is 0.398 e. The van der Waals surface area contributed by atoms with E-state index in [0.717, 1.165) is 12.0 Å². The van der Waals surface area contributed by atoms with Crippen LogP contribution in [0.1, 0.15) is 13.3 Å². The second-order valence-electron chi connectivity index (χ2n) is 2.13. The highest BCUT2D eigenvalue weighted by Gasteiger charge is 1.88. The lowest BCUT2D eigenvalue weighted by Crippen LogP contribution is -1.95. The molecule has 0 aromatic carbocycles. The Morgan fingerprint density at radius 1 is 1.36 bits per heavy atom. The van der Waals surface area contributed by atoms with Gasteiger partial charge in [-0.25, -0.2) is 0 Å². The first-order valence-electron chi connectivity index (χ1n) is 3.67. The van der Waals surface area contributed by atoms with Gasteiger partial charge in [-0.15, -0.1) is 0 Å². The molecule has 0 aliphatic heterocycles. The van der Waals surface area contributed by atoms with Gasteiger partial charge in [0.1, 0.15) is 0 Å². The molecule has 0 radical (unpaired) electrons. The van der Waals surface area contributed by atoms with Gasteiger partial charge < -0.3 is 5.73 Å². The fourth-order valence-corrected chi connectivity index (χ4v) is 0.645. The molecule has 0 unspecified atom stereocenters. The monoisotopic (exact) mass is 149 g/mol. The van der Waals surface area contributed by atoms with Gasteiger partial charge in [-0.3, -0.25) is 0 Å². The molecule has 0 spiro atoms. The summed E-state index contributed by atoms with van der Waals surface area (Å²) >= 11 is 0. The number of rotatable bonds is 4. The minimum atomic E-state index is 0.671. The Morgan fingerprint density at radius 3 is 2.36 bits per heavy atom. The third-order valence-electron chi connectivity index (χ3n) is 1.31. The smallest absolute Gasteiger partial charge is 0.0381 e. The molecule has 0 rings (SSSR count). The van der Waals surface area contributed by atoms with Gasteiger partial charge in [0.05, 0.1) is 0 Å². The molecule has 0 saturated carbocycles. The molecular weight excluding hydrogens is 134 g/mol. The summed E-state index contributed by atoms with van der Waals surface area (Å²) in [7, 11) is 0. The summed E-state index contributed by atoms with van der Waals surface area (Å²) in [6, 6.07) is 0. The third-order valence-corrected chi connectivity index (χ3v) is 1.31. The zero-order valence-corrected chi connectivity index (χ0v) is 7.01. The van der Waals surface area contributed by atoms with Crippen LogP contribution in [-0.2, 0) is 0 Å². The average Bonchev–Trinajstić information content (AvgIpc) is 2.05. The Morgan fingerprint density at radius 2 is 2.00 bits per heavy atom. The maximum absolute atomic E-state index is 5.61. The Hall–Kier alpha value is -1.24. The van der Waals surface area contributed by atoms with E-state index >= 15 is 0 Å². The van der Waals surface area contributed by atoms with E-state index in [1.165, 1.54) is 0 Å². The lowest BCUT2D eigenvalue weighted by atomic mass is 10.2. The van der Waals surface area contributed by atoms with Crippen LogP contribution in [0, 0.1) is 0 Å². The first kappa shape index (κ1) is 9.76. The van der Waals surface area contributed by atoms with E-state index in [9.17, 15) is 0 Å². The number of hydrogen-bond donors (Lipinski definition) is 1. The average molecular weight is 149 g/mol. The molecule has 0 heterocycles. The molecule has 0 amide bonds. The van der Waals surface area contributed by atoms with Crippen molar-refractivity contribution in [3.05, 3.63) is 48.7 Å². The summed E-state index contributed by atoms with van der Waals surface area (Å²) in [6.07, 6.45) is 8.33. The summed E-state index contributed by atoms with van der Waals surface area (Å²) in [5.74, 6) is 0. The van der Waals surface area contributed by atoms with Gasteiger partial charge in [-0.2, -0.15) is 0 Å². The highest BCUT2D eigenvalue weighted by Crippen LogP contribution is 2.03. The van der Waals surface area contributed by atoms with Gasteiger partial charge in [0.2, 0.25) is 0 Å². The number of hydrogen-bond acceptors (Lipinski definition) is 1. The first-order valence-corrected chi connectivity index (χ1v) is 3.67. The van der Waals surface area contributed by atoms with Crippen molar-refractivity contribution >= 4 is 0 Å². The second-order valence-corrected chi connectivity index (χ2v) is 2.13. The normalized spacial score (nSPS) is 12.8. The second kappa shape index (κ2) is 5.54. The molecule has 0 bridgehead atoms. The predicted molar refractivity (Wildman–Crippen MR) is 51.0 cm³/mol. The van der Waals surface area contributed by atoms with E-state index in [1.54, 1.807) is 12.2 Å². The molecule has 1 heteroatoms. The number of nitrogens with two attached hydrogens (primary N) is 1. The molecule has 0 atom stereocenters. The van der Waals surface area contributed by atoms with Crippen LogP contribution in [0.2, 0.25) is 0 Å². The van der Waals surface area contributed by atoms with Crippen LogP contribution in [0.15, 0.2) is 48.7 Å². The first-order chi connectivity index (χ1) is 5.26. The van der Waals surface area contributed by atoms with Crippen LogP contribution >= 0.6 is 0 Å². The molecule has 0 aromatic heterocycles. The SMILES string of the molecule is C=C/C(N)=C(C=C)\C=C/CC. The summed E-state index contributed by atoms with van der Waals surface area (Å²) in [4.78, 5) is 0. The van der Waals surface area contributed by atoms with Crippen LogP contribution in [0.5, 0.6) is 0 Å². The fraction of sp³-hybridized carbons (Fsp3) is 0.200. The van der Waals surface area contributed by atoms with Gasteiger partial charge in [0.25, 0.3) is 0 Å². The lowest BCUT2D eigenvalue weighted by Gasteiger charge is -1.96. The minimum Gasteiger partial charge on any atom is -0.398 e. The van der Waals surface area contributed by atoms with Crippen molar-refractivity contribution in [2.45, 2.75) is 13.3 Å². The van der Waals surface area contributed by atoms with Crippen molar-refractivity contribution in [3.8, 4) is 0 Å². The topological polar surface area (TPSA) is 26.0 Å². The molecule has 0 saturated heterocycles. The van der Waals surface area contributed by atoms with Crippen LogP contribution in [-0.4, -0.2) is 0 Å². The zero-order chi connectivity index (χ0) is 8.69. The molecule has 2 N–H and O–H groups in total. The van der Waals surface area contributed by atoms with Gasteiger partial charge in [0.15, 0.2) is 0 Å². The minimum absolute atomic E-state index is 0.671. The predicted octanol–water partition coefficient (Wildman–Crippen LogP) is 2.54. The van der Waals surface area contributed by atoms with Gasteiger partial charge in [0, 0.05) is 5.70 Å². The van der Waals surface area contributed by atoms with E-state index < -0.39 is 0 Å². The van der Waals surface area contributed by atoms with Crippen molar-refractivity contribution in [3.63, 3.8) is 0 Å². The molecule has 60 valence electrons. The van der Waals surface area contributed by atoms with Crippen LogP contribution in [0.4, 0.5) is 0 Å². The van der Waals surface area contributed by atoms with Gasteiger partial charge in [-0.05, 0) is 18.1 Å². The van der Waals surface area contributed by atoms with Crippen LogP contribution < -0.4 is 5.73 Å². The van der Waals surface area contributed by atoms with Crippen molar-refractivity contribution in [2.75, 3.05) is 0 Å². The van der Waals surface area contributed by atoms with Crippen molar-refractivity contribution in [1.82, 2.24) is 0 Å². The van der Waals surface area contributed by atoms with Crippen molar-refractivity contribution in [1.29, 1.82) is 0 Å². The third kappa shape index (κ3) is 3.46.